The first kappa shape index (κ1) is 15.0. The van der Waals surface area contributed by atoms with Crippen molar-refractivity contribution in [3.05, 3.63) is 29.8 Å². The quantitative estimate of drug-likeness (QED) is 0.796. The first-order valence-corrected chi connectivity index (χ1v) is 6.17. The average Bonchev–Trinajstić information content (AvgIpc) is 2.42. The lowest BCUT2D eigenvalue weighted by Gasteiger charge is -2.21. The van der Waals surface area contributed by atoms with E-state index in [1.54, 1.807) is 31.2 Å². The molecule has 0 aliphatic rings. The fraction of sp³-hybridized carbons (Fsp3) is 0.429. The van der Waals surface area contributed by atoms with Crippen molar-refractivity contribution in [1.29, 1.82) is 5.26 Å². The Hall–Kier alpha value is -2.06. The van der Waals surface area contributed by atoms with Gasteiger partial charge in [0.25, 0.3) is 5.91 Å². The Bertz CT molecular complexity index is 466. The second kappa shape index (κ2) is 7.39. The zero-order chi connectivity index (χ0) is 14.3. The first-order chi connectivity index (χ1) is 9.10. The molecule has 0 fully saturated rings. The molecular weight excluding hydrogens is 244 g/mol. The summed E-state index contributed by atoms with van der Waals surface area (Å²) in [6, 6.07) is 8.85. The highest BCUT2D eigenvalue weighted by Gasteiger charge is 2.25. The Labute approximate surface area is 113 Å². The number of hydroxylamine groups is 1. The molecule has 0 aliphatic heterocycles. The summed E-state index contributed by atoms with van der Waals surface area (Å²) in [5.41, 5.74) is 2.72. The van der Waals surface area contributed by atoms with Gasteiger partial charge in [-0.2, -0.15) is 5.26 Å². The molecule has 0 heterocycles. The molecule has 0 bridgehead atoms. The standard InChI is InChI=1S/C14H18N2O3/c1-4-18-16-14(17)13(10(2)3)19-12-8-6-5-7-11(12)9-15/h5-8,10,13H,4H2,1-3H3,(H,16,17)/t13-/m0/s1. The maximum atomic E-state index is 11.9. The minimum Gasteiger partial charge on any atom is -0.479 e. The van der Waals surface area contributed by atoms with E-state index >= 15 is 0 Å². The normalized spacial score (nSPS) is 11.7. The van der Waals surface area contributed by atoms with Crippen LogP contribution in [0.25, 0.3) is 0 Å². The van der Waals surface area contributed by atoms with Gasteiger partial charge >= 0.3 is 0 Å². The predicted octanol–water partition coefficient (Wildman–Crippen LogP) is 2.03. The number of ether oxygens (including phenoxy) is 1. The van der Waals surface area contributed by atoms with Gasteiger partial charge in [-0.05, 0) is 25.0 Å². The van der Waals surface area contributed by atoms with Crippen molar-refractivity contribution in [3.8, 4) is 11.8 Å². The van der Waals surface area contributed by atoms with E-state index in [9.17, 15) is 4.79 Å². The molecule has 0 unspecified atom stereocenters. The highest BCUT2D eigenvalue weighted by atomic mass is 16.7. The second-order valence-corrected chi connectivity index (χ2v) is 4.29. The van der Waals surface area contributed by atoms with Crippen molar-refractivity contribution in [1.82, 2.24) is 5.48 Å². The van der Waals surface area contributed by atoms with Crippen LogP contribution in [0.3, 0.4) is 0 Å². The smallest absolute Gasteiger partial charge is 0.284 e. The van der Waals surface area contributed by atoms with Gasteiger partial charge in [-0.3, -0.25) is 9.63 Å². The molecule has 19 heavy (non-hydrogen) atoms. The van der Waals surface area contributed by atoms with E-state index in [4.69, 9.17) is 14.8 Å². The molecule has 5 nitrogen and oxygen atoms in total. The second-order valence-electron chi connectivity index (χ2n) is 4.29. The van der Waals surface area contributed by atoms with Gasteiger partial charge in [0.05, 0.1) is 12.2 Å². The summed E-state index contributed by atoms with van der Waals surface area (Å²) in [5.74, 6) is -0.00727. The van der Waals surface area contributed by atoms with Crippen LogP contribution in [0.15, 0.2) is 24.3 Å². The number of nitrogens with one attached hydrogen (secondary N) is 1. The fourth-order valence-corrected chi connectivity index (χ4v) is 1.49. The zero-order valence-corrected chi connectivity index (χ0v) is 11.3. The monoisotopic (exact) mass is 262 g/mol. The molecule has 0 saturated heterocycles. The number of nitrogens with zero attached hydrogens (tertiary/aromatic N) is 1. The molecule has 0 spiro atoms. The van der Waals surface area contributed by atoms with Crippen molar-refractivity contribution in [2.45, 2.75) is 26.9 Å². The Morgan fingerprint density at radius 3 is 2.68 bits per heavy atom. The van der Waals surface area contributed by atoms with E-state index in [-0.39, 0.29) is 11.8 Å². The Morgan fingerprint density at radius 2 is 2.11 bits per heavy atom. The Kier molecular flexibility index (Phi) is 5.83. The summed E-state index contributed by atoms with van der Waals surface area (Å²) in [5, 5.41) is 8.99. The Balaban J connectivity index is 2.84. The lowest BCUT2D eigenvalue weighted by atomic mass is 10.1. The van der Waals surface area contributed by atoms with Crippen LogP contribution in [0.4, 0.5) is 0 Å². The van der Waals surface area contributed by atoms with Gasteiger partial charge in [0.2, 0.25) is 0 Å². The fourth-order valence-electron chi connectivity index (χ4n) is 1.49. The number of nitriles is 1. The van der Waals surface area contributed by atoms with Crippen molar-refractivity contribution in [3.63, 3.8) is 0 Å². The molecule has 0 radical (unpaired) electrons. The molecule has 1 aromatic rings. The molecule has 0 aliphatic carbocycles. The third-order valence-electron chi connectivity index (χ3n) is 2.44. The summed E-state index contributed by atoms with van der Waals surface area (Å²) < 4.78 is 5.64. The molecule has 102 valence electrons. The largest absolute Gasteiger partial charge is 0.479 e. The maximum Gasteiger partial charge on any atom is 0.284 e. The van der Waals surface area contributed by atoms with Crippen LogP contribution in [-0.4, -0.2) is 18.6 Å². The van der Waals surface area contributed by atoms with E-state index in [0.717, 1.165) is 0 Å². The molecule has 0 aromatic heterocycles. The van der Waals surface area contributed by atoms with Crippen molar-refractivity contribution in [2.24, 2.45) is 5.92 Å². The summed E-state index contributed by atoms with van der Waals surface area (Å²) >= 11 is 0. The van der Waals surface area contributed by atoms with E-state index in [1.165, 1.54) is 0 Å². The molecule has 1 rings (SSSR count). The first-order valence-electron chi connectivity index (χ1n) is 6.17. The summed E-state index contributed by atoms with van der Waals surface area (Å²) in [6.07, 6.45) is -0.707. The number of hydrogen-bond acceptors (Lipinski definition) is 4. The molecule has 1 amide bonds. The van der Waals surface area contributed by atoms with Crippen molar-refractivity contribution in [2.75, 3.05) is 6.61 Å². The van der Waals surface area contributed by atoms with Gasteiger partial charge in [-0.1, -0.05) is 26.0 Å². The number of para-hydroxylation sites is 1. The third kappa shape index (κ3) is 4.27. The lowest BCUT2D eigenvalue weighted by Crippen LogP contribution is -2.41. The van der Waals surface area contributed by atoms with Crippen LogP contribution in [0.2, 0.25) is 0 Å². The van der Waals surface area contributed by atoms with E-state index in [1.807, 2.05) is 19.9 Å². The topological polar surface area (TPSA) is 71.3 Å². The summed E-state index contributed by atoms with van der Waals surface area (Å²) in [4.78, 5) is 16.8. The van der Waals surface area contributed by atoms with Gasteiger partial charge in [0.1, 0.15) is 11.8 Å². The number of rotatable bonds is 6. The van der Waals surface area contributed by atoms with Gasteiger partial charge in [0, 0.05) is 0 Å². The van der Waals surface area contributed by atoms with Crippen LogP contribution >= 0.6 is 0 Å². The number of hydrogen-bond donors (Lipinski definition) is 1. The van der Waals surface area contributed by atoms with Gasteiger partial charge in [-0.15, -0.1) is 0 Å². The molecule has 0 saturated carbocycles. The molecule has 5 heteroatoms. The van der Waals surface area contributed by atoms with Crippen LogP contribution < -0.4 is 10.2 Å². The highest BCUT2D eigenvalue weighted by molar-refractivity contribution is 5.80. The molecule has 1 atom stereocenters. The number of carbonyl (C=O) groups is 1. The number of benzene rings is 1. The average molecular weight is 262 g/mol. The minimum absolute atomic E-state index is 0.0489. The third-order valence-corrected chi connectivity index (χ3v) is 2.44. The van der Waals surface area contributed by atoms with Gasteiger partial charge < -0.3 is 4.74 Å². The molecule has 1 N–H and O–H groups in total. The van der Waals surface area contributed by atoms with Crippen molar-refractivity contribution >= 4 is 5.91 Å². The molecular formula is C14H18N2O3. The maximum absolute atomic E-state index is 11.9. The van der Waals surface area contributed by atoms with Crippen molar-refractivity contribution < 1.29 is 14.4 Å². The van der Waals surface area contributed by atoms with E-state index in [2.05, 4.69) is 5.48 Å². The van der Waals surface area contributed by atoms with E-state index < -0.39 is 6.10 Å². The van der Waals surface area contributed by atoms with Crippen LogP contribution in [0, 0.1) is 17.2 Å². The zero-order valence-electron chi connectivity index (χ0n) is 11.3. The lowest BCUT2D eigenvalue weighted by molar-refractivity contribution is -0.142. The van der Waals surface area contributed by atoms with Crippen LogP contribution in [0.5, 0.6) is 5.75 Å². The minimum atomic E-state index is -0.707. The summed E-state index contributed by atoms with van der Waals surface area (Å²) in [6.45, 7) is 5.89. The van der Waals surface area contributed by atoms with Gasteiger partial charge in [0.15, 0.2) is 6.10 Å². The molecule has 1 aromatic carbocycles. The Morgan fingerprint density at radius 1 is 1.42 bits per heavy atom. The van der Waals surface area contributed by atoms with Crippen LogP contribution in [-0.2, 0) is 9.63 Å². The van der Waals surface area contributed by atoms with Crippen LogP contribution in [0.1, 0.15) is 26.3 Å². The number of carbonyl (C=O) groups excluding carboxylic acids is 1. The number of amides is 1. The van der Waals surface area contributed by atoms with Gasteiger partial charge in [-0.25, -0.2) is 5.48 Å². The summed E-state index contributed by atoms with van der Waals surface area (Å²) in [7, 11) is 0. The predicted molar refractivity (Wildman–Crippen MR) is 70.2 cm³/mol. The van der Waals surface area contributed by atoms with E-state index in [0.29, 0.717) is 17.9 Å². The highest BCUT2D eigenvalue weighted by Crippen LogP contribution is 2.20. The SMILES string of the molecule is CCONC(=O)[C@@H](Oc1ccccc1C#N)C(C)C.